The zero-order chi connectivity index (χ0) is 14.7. The molecule has 110 valence electrons. The molecule has 0 bridgehead atoms. The minimum absolute atomic E-state index is 0.00123. The Labute approximate surface area is 112 Å². The zero-order valence-electron chi connectivity index (χ0n) is 10.8. The smallest absolute Gasteiger partial charge is 0.320 e. The molecule has 0 aromatic rings. The van der Waals surface area contributed by atoms with Gasteiger partial charge >= 0.3 is 5.97 Å². The third-order valence-corrected chi connectivity index (χ3v) is 5.58. The average molecular weight is 291 g/mol. The number of primary amides is 1. The van der Waals surface area contributed by atoms with Crippen LogP contribution in [0.1, 0.15) is 32.1 Å². The molecular weight excluding hydrogens is 270 g/mol. The second-order valence-corrected chi connectivity index (χ2v) is 7.64. The Morgan fingerprint density at radius 2 is 1.95 bits per heavy atom. The van der Waals surface area contributed by atoms with Crippen LogP contribution in [-0.4, -0.2) is 38.7 Å². The van der Waals surface area contributed by atoms with Gasteiger partial charge in [-0.15, -0.1) is 0 Å². The fourth-order valence-corrected chi connectivity index (χ4v) is 3.69. The van der Waals surface area contributed by atoms with Crippen molar-refractivity contribution in [3.63, 3.8) is 0 Å². The van der Waals surface area contributed by atoms with Crippen LogP contribution in [0.5, 0.6) is 0 Å². The molecule has 1 amide bonds. The molecule has 1 aliphatic rings. The summed E-state index contributed by atoms with van der Waals surface area (Å²) in [6.45, 7) is 0. The second kappa shape index (κ2) is 5.87. The predicted octanol–water partition coefficient (Wildman–Crippen LogP) is -0.119. The number of hydrogen-bond acceptors (Lipinski definition) is 5. The number of hydrogen-bond donors (Lipinski definition) is 4. The first-order chi connectivity index (χ1) is 8.68. The van der Waals surface area contributed by atoms with E-state index in [1.165, 1.54) is 0 Å². The van der Waals surface area contributed by atoms with Crippen LogP contribution >= 0.6 is 0 Å². The Balaban J connectivity index is 2.47. The third-order valence-electron chi connectivity index (χ3n) is 3.82. The van der Waals surface area contributed by atoms with Crippen LogP contribution < -0.4 is 11.5 Å². The van der Waals surface area contributed by atoms with E-state index in [9.17, 15) is 13.8 Å². The van der Waals surface area contributed by atoms with Crippen LogP contribution in [0, 0.1) is 10.2 Å². The standard InChI is InChI=1S/C11H21N3O4S/c12-8(9(15)16)2-6-19(14,18)7-5-11(10(13)17)3-1-4-11/h8,14H,1-7,12H2,(H2,13,17)(H,15,16)/t8-,19?/m0/s1. The Bertz CT molecular complexity index is 457. The van der Waals surface area contributed by atoms with Gasteiger partial charge in [0.1, 0.15) is 6.04 Å². The van der Waals surface area contributed by atoms with E-state index in [2.05, 4.69) is 0 Å². The van der Waals surface area contributed by atoms with Gasteiger partial charge in [-0.25, -0.2) is 4.21 Å². The van der Waals surface area contributed by atoms with Gasteiger partial charge in [-0.1, -0.05) is 6.42 Å². The van der Waals surface area contributed by atoms with E-state index in [4.69, 9.17) is 21.4 Å². The van der Waals surface area contributed by atoms with Gasteiger partial charge in [-0.3, -0.25) is 14.4 Å². The Morgan fingerprint density at radius 1 is 1.37 bits per heavy atom. The SMILES string of the molecule is N=S(=O)(CC[C@H](N)C(=O)O)CCC1(C(N)=O)CCC1. The molecule has 0 aromatic carbocycles. The molecule has 19 heavy (non-hydrogen) atoms. The molecule has 0 heterocycles. The van der Waals surface area contributed by atoms with Gasteiger partial charge in [-0.2, -0.15) is 0 Å². The lowest BCUT2D eigenvalue weighted by Crippen LogP contribution is -2.44. The van der Waals surface area contributed by atoms with E-state index < -0.39 is 33.1 Å². The van der Waals surface area contributed by atoms with Gasteiger partial charge < -0.3 is 16.6 Å². The molecule has 0 aliphatic heterocycles. The number of rotatable bonds is 8. The summed E-state index contributed by atoms with van der Waals surface area (Å²) in [6, 6.07) is -1.10. The highest BCUT2D eigenvalue weighted by Gasteiger charge is 2.42. The molecule has 0 aromatic heterocycles. The van der Waals surface area contributed by atoms with E-state index in [0.29, 0.717) is 19.3 Å². The van der Waals surface area contributed by atoms with Crippen molar-refractivity contribution in [2.24, 2.45) is 16.9 Å². The lowest BCUT2D eigenvalue weighted by Gasteiger charge is -2.39. The summed E-state index contributed by atoms with van der Waals surface area (Å²) in [7, 11) is -2.90. The number of carboxylic acid groups (broad SMARTS) is 1. The number of carboxylic acids is 1. The lowest BCUT2D eigenvalue weighted by atomic mass is 9.66. The molecular formula is C11H21N3O4S. The van der Waals surface area contributed by atoms with Crippen LogP contribution in [0.3, 0.4) is 0 Å². The summed E-state index contributed by atoms with van der Waals surface area (Å²) in [4.78, 5) is 21.9. The number of nitrogens with two attached hydrogens (primary N) is 2. The quantitative estimate of drug-likeness (QED) is 0.492. The number of carbonyl (C=O) groups excluding carboxylic acids is 1. The number of carbonyl (C=O) groups is 2. The van der Waals surface area contributed by atoms with Crippen LogP contribution in [0.2, 0.25) is 0 Å². The van der Waals surface area contributed by atoms with Crippen molar-refractivity contribution >= 4 is 21.6 Å². The monoisotopic (exact) mass is 291 g/mol. The molecule has 8 heteroatoms. The van der Waals surface area contributed by atoms with Crippen molar-refractivity contribution in [1.29, 1.82) is 4.78 Å². The van der Waals surface area contributed by atoms with Gasteiger partial charge in [0.05, 0.1) is 0 Å². The van der Waals surface area contributed by atoms with Gasteiger partial charge in [0.15, 0.2) is 0 Å². The van der Waals surface area contributed by atoms with E-state index in [-0.39, 0.29) is 17.9 Å². The maximum atomic E-state index is 12.0. The molecule has 1 saturated carbocycles. The number of aliphatic carboxylic acids is 1. The number of nitrogens with one attached hydrogen (secondary N) is 1. The highest BCUT2D eigenvalue weighted by Crippen LogP contribution is 2.43. The fourth-order valence-electron chi connectivity index (χ4n) is 2.13. The summed E-state index contributed by atoms with van der Waals surface area (Å²) >= 11 is 0. The first kappa shape index (κ1) is 15.9. The molecule has 1 unspecified atom stereocenters. The summed E-state index contributed by atoms with van der Waals surface area (Å²) in [6.07, 6.45) is 2.64. The van der Waals surface area contributed by atoms with Crippen molar-refractivity contribution in [3.05, 3.63) is 0 Å². The van der Waals surface area contributed by atoms with Gasteiger partial charge in [0, 0.05) is 26.6 Å². The average Bonchev–Trinajstić information content (AvgIpc) is 2.23. The van der Waals surface area contributed by atoms with Crippen LogP contribution in [0.15, 0.2) is 0 Å². The van der Waals surface area contributed by atoms with Gasteiger partial charge in [0.25, 0.3) is 0 Å². The summed E-state index contributed by atoms with van der Waals surface area (Å²) in [5.41, 5.74) is 10.0. The van der Waals surface area contributed by atoms with E-state index >= 15 is 0 Å². The van der Waals surface area contributed by atoms with E-state index in [0.717, 1.165) is 6.42 Å². The molecule has 0 spiro atoms. The predicted molar refractivity (Wildman–Crippen MR) is 70.9 cm³/mol. The first-order valence-electron chi connectivity index (χ1n) is 6.21. The normalized spacial score (nSPS) is 21.9. The van der Waals surface area contributed by atoms with Crippen LogP contribution in [0.25, 0.3) is 0 Å². The summed E-state index contributed by atoms with van der Waals surface area (Å²) < 4.78 is 19.7. The molecule has 1 aliphatic carbocycles. The third kappa shape index (κ3) is 4.17. The molecule has 6 N–H and O–H groups in total. The van der Waals surface area contributed by atoms with Crippen molar-refractivity contribution < 1.29 is 18.9 Å². The summed E-state index contributed by atoms with van der Waals surface area (Å²) in [5.74, 6) is -1.54. The highest BCUT2D eigenvalue weighted by molar-refractivity contribution is 7.92. The van der Waals surface area contributed by atoms with E-state index in [1.54, 1.807) is 0 Å². The largest absolute Gasteiger partial charge is 0.480 e. The highest BCUT2D eigenvalue weighted by atomic mass is 32.2. The second-order valence-electron chi connectivity index (χ2n) is 5.20. The summed E-state index contributed by atoms with van der Waals surface area (Å²) in [5, 5.41) is 8.62. The van der Waals surface area contributed by atoms with Crippen molar-refractivity contribution in [2.75, 3.05) is 11.5 Å². The van der Waals surface area contributed by atoms with Gasteiger partial charge in [0.2, 0.25) is 5.91 Å². The molecule has 7 nitrogen and oxygen atoms in total. The topological polar surface area (TPSA) is 147 Å². The molecule has 0 radical (unpaired) electrons. The Morgan fingerprint density at radius 3 is 2.32 bits per heavy atom. The first-order valence-corrected chi connectivity index (χ1v) is 8.11. The maximum Gasteiger partial charge on any atom is 0.320 e. The molecule has 0 saturated heterocycles. The molecule has 2 atom stereocenters. The Hall–Kier alpha value is -1.15. The van der Waals surface area contributed by atoms with Crippen molar-refractivity contribution in [3.8, 4) is 0 Å². The zero-order valence-corrected chi connectivity index (χ0v) is 11.6. The molecule has 1 fully saturated rings. The van der Waals surface area contributed by atoms with Crippen LogP contribution in [-0.2, 0) is 19.3 Å². The lowest BCUT2D eigenvalue weighted by molar-refractivity contribution is -0.138. The van der Waals surface area contributed by atoms with Crippen molar-refractivity contribution in [1.82, 2.24) is 0 Å². The minimum atomic E-state index is -2.90. The minimum Gasteiger partial charge on any atom is -0.480 e. The maximum absolute atomic E-state index is 12.0. The van der Waals surface area contributed by atoms with E-state index in [1.807, 2.05) is 0 Å². The number of amides is 1. The van der Waals surface area contributed by atoms with Crippen LogP contribution in [0.4, 0.5) is 0 Å². The Kier molecular flexibility index (Phi) is 4.92. The van der Waals surface area contributed by atoms with Gasteiger partial charge in [-0.05, 0) is 25.7 Å². The van der Waals surface area contributed by atoms with Crippen molar-refractivity contribution in [2.45, 2.75) is 38.1 Å². The fraction of sp³-hybridized carbons (Fsp3) is 0.818. The molecule has 1 rings (SSSR count).